The van der Waals surface area contributed by atoms with E-state index in [1.165, 1.54) is 94.1 Å². The van der Waals surface area contributed by atoms with E-state index >= 15 is 0 Å². The van der Waals surface area contributed by atoms with Gasteiger partial charge in [0.05, 0.1) is 52.4 Å². The van der Waals surface area contributed by atoms with E-state index in [0.717, 1.165) is 23.0 Å². The number of rotatable bonds is 11. The van der Waals surface area contributed by atoms with E-state index in [1.807, 2.05) is 109 Å². The Balaban J connectivity index is 0.000000243. The Morgan fingerprint density at radius 2 is 0.484 bits per heavy atom. The van der Waals surface area contributed by atoms with Crippen molar-refractivity contribution in [1.82, 2.24) is 0 Å². The number of methoxy groups -OCH3 is 8. The molecule has 0 fully saturated rings. The average molecular weight is 1300 g/mol. The molecule has 0 unspecified atom stereocenters. The molecule has 11 heteroatoms. The molecule has 0 N–H and O–H groups in total. The molecule has 0 atom stereocenters. The summed E-state index contributed by atoms with van der Waals surface area (Å²) < 4.78 is 63.9. The third-order valence-electron chi connectivity index (χ3n) is 15.7. The molecule has 0 heterocycles. The molecule has 1 aliphatic rings. The van der Waals surface area contributed by atoms with Crippen LogP contribution in [0.25, 0.3) is 22.3 Å². The van der Waals surface area contributed by atoms with Crippen LogP contribution in [0.5, 0.6) is 34.5 Å². The van der Waals surface area contributed by atoms with Crippen molar-refractivity contribution in [2.75, 3.05) is 71.1 Å². The van der Waals surface area contributed by atoms with Crippen LogP contribution in [-0.4, -0.2) is 79.5 Å². The second-order valence-corrected chi connectivity index (χ2v) is 27.1. The number of hydrogen-bond acceptors (Lipinski definition) is 10. The first-order chi connectivity index (χ1) is 45.2. The minimum Gasteiger partial charge on any atom is -0.497 e. The zero-order valence-electron chi connectivity index (χ0n) is 59.7. The fourth-order valence-electron chi connectivity index (χ4n) is 9.92. The van der Waals surface area contributed by atoms with Crippen molar-refractivity contribution in [2.24, 2.45) is 0 Å². The Bertz CT molecular complexity index is 3590. The lowest BCUT2D eigenvalue weighted by Crippen LogP contribution is -2.18. The van der Waals surface area contributed by atoms with Crippen LogP contribution in [0.3, 0.4) is 0 Å². The van der Waals surface area contributed by atoms with E-state index in [-0.39, 0.29) is 31.5 Å². The molecule has 10 aromatic carbocycles. The van der Waals surface area contributed by atoms with Gasteiger partial charge >= 0.3 is 0 Å². The van der Waals surface area contributed by atoms with Crippen LogP contribution >= 0.6 is 0 Å². The lowest BCUT2D eigenvalue weighted by molar-refractivity contribution is 0.277. The standard InChI is InChI=1S/C17H20O2.C15H14.C14H14O4S.C14H14O2.C14H22.C6H6.2C2H6O/c1-17(2,13-5-9-15(18-3)10-6-13)14-7-11-16(19-4)12-8-14;1-15(2)13-9-5-3-7-11(13)12-8-4-6-10-14(12)15;1-17-11-3-7-13(8-4-11)19(15,16)14-9-5-12(18-2)6-10-14;1-15-13-7-3-11(4-8-13)12-5-9-14(16-2)10-6-12;1-13(2,3)11-7-9-12(10-8-11)14(4,5)6;1-2-4-6-5-3-1;2*1-3-2/h5-12H,1-4H3;3-10H,1-2H3;3-10H,1-2H3;3-10H,1-2H3;7-10H,1-6H3;1-6H;2*1-2H3. The summed E-state index contributed by atoms with van der Waals surface area (Å²) in [5, 5.41) is 0. The predicted octanol–water partition coefficient (Wildman–Crippen LogP) is 20.4. The monoisotopic (exact) mass is 1300 g/mol. The number of benzene rings is 10. The van der Waals surface area contributed by atoms with Crippen LogP contribution in [0, 0.1) is 0 Å². The van der Waals surface area contributed by atoms with Crippen LogP contribution in [-0.2, 0) is 41.0 Å². The Labute approximate surface area is 569 Å². The van der Waals surface area contributed by atoms with Crippen molar-refractivity contribution in [3.63, 3.8) is 0 Å². The highest BCUT2D eigenvalue weighted by atomic mass is 32.2. The molecule has 10 aromatic rings. The zero-order chi connectivity index (χ0) is 70.2. The van der Waals surface area contributed by atoms with Gasteiger partial charge in [-0.25, -0.2) is 8.42 Å². The summed E-state index contributed by atoms with van der Waals surface area (Å²) in [6.07, 6.45) is 0. The molecular weight excluding hydrogens is 1200 g/mol. The largest absolute Gasteiger partial charge is 0.497 e. The smallest absolute Gasteiger partial charge is 0.206 e. The van der Waals surface area contributed by atoms with Gasteiger partial charge in [-0.3, -0.25) is 0 Å². The fourth-order valence-corrected chi connectivity index (χ4v) is 11.2. The van der Waals surface area contributed by atoms with Gasteiger partial charge in [0.2, 0.25) is 9.84 Å². The van der Waals surface area contributed by atoms with Gasteiger partial charge in [0.1, 0.15) is 34.5 Å². The average Bonchev–Trinajstić information content (AvgIpc) is 1.60. The molecule has 504 valence electrons. The van der Waals surface area contributed by atoms with Crippen LogP contribution in [0.4, 0.5) is 0 Å². The van der Waals surface area contributed by atoms with Gasteiger partial charge in [0.25, 0.3) is 0 Å². The Morgan fingerprint density at radius 3 is 0.716 bits per heavy atom. The summed E-state index contributed by atoms with van der Waals surface area (Å²) in [5.74, 6) is 4.75. The van der Waals surface area contributed by atoms with Gasteiger partial charge in [0, 0.05) is 39.3 Å². The van der Waals surface area contributed by atoms with E-state index in [1.54, 1.807) is 81.1 Å². The fraction of sp³-hybridized carbons (Fsp3) is 0.286. The van der Waals surface area contributed by atoms with E-state index < -0.39 is 9.84 Å². The lowest BCUT2D eigenvalue weighted by Gasteiger charge is -2.26. The number of fused-ring (bicyclic) bond motifs is 3. The van der Waals surface area contributed by atoms with Crippen molar-refractivity contribution < 1.29 is 46.3 Å². The number of ether oxygens (including phenoxy) is 8. The van der Waals surface area contributed by atoms with Crippen molar-refractivity contribution in [3.05, 3.63) is 288 Å². The molecule has 1 aliphatic carbocycles. The first kappa shape index (κ1) is 78.3. The molecule has 0 spiro atoms. The summed E-state index contributed by atoms with van der Waals surface area (Å²) in [5.41, 5.74) is 14.0. The molecule has 0 aliphatic heterocycles. The maximum absolute atomic E-state index is 12.4. The van der Waals surface area contributed by atoms with Crippen LogP contribution < -0.4 is 28.4 Å². The molecule has 0 saturated carbocycles. The lowest BCUT2D eigenvalue weighted by atomic mass is 9.78. The second-order valence-electron chi connectivity index (χ2n) is 25.2. The van der Waals surface area contributed by atoms with E-state index in [0.29, 0.717) is 11.5 Å². The molecule has 10 nitrogen and oxygen atoms in total. The Kier molecular flexibility index (Phi) is 31.6. The summed E-state index contributed by atoms with van der Waals surface area (Å²) in [7, 11) is 12.8. The molecule has 0 saturated heterocycles. The minimum atomic E-state index is -3.50. The van der Waals surface area contributed by atoms with Crippen molar-refractivity contribution in [1.29, 1.82) is 0 Å². The van der Waals surface area contributed by atoms with Crippen molar-refractivity contribution in [3.8, 4) is 56.8 Å². The first-order valence-electron chi connectivity index (χ1n) is 31.5. The zero-order valence-corrected chi connectivity index (χ0v) is 60.6. The summed E-state index contributed by atoms with van der Waals surface area (Å²) in [4.78, 5) is 0.469. The molecule has 0 amide bonds. The second kappa shape index (κ2) is 38.3. The van der Waals surface area contributed by atoms with E-state index in [4.69, 9.17) is 28.4 Å². The molecular formula is C84H102O10S. The van der Waals surface area contributed by atoms with Gasteiger partial charge in [0.15, 0.2) is 0 Å². The maximum atomic E-state index is 12.4. The first-order valence-corrected chi connectivity index (χ1v) is 32.9. The SMILES string of the molecule is CC(C)(C)c1ccc(C(C)(C)C)cc1.CC1(C)c2ccccc2-c2ccccc21.COC.COC.COc1ccc(-c2ccc(OC)cc2)cc1.COc1ccc(C(C)(C)c2ccc(OC)cc2)cc1.COc1ccc(S(=O)(=O)c2ccc(OC)cc2)cc1.c1ccccc1. The number of hydrogen-bond donors (Lipinski definition) is 0. The van der Waals surface area contributed by atoms with E-state index in [2.05, 4.69) is 176 Å². The van der Waals surface area contributed by atoms with Crippen molar-refractivity contribution >= 4 is 9.84 Å². The highest BCUT2D eigenvalue weighted by Crippen LogP contribution is 2.48. The third-order valence-corrected chi connectivity index (χ3v) is 17.4. The number of sulfone groups is 1. The molecule has 0 radical (unpaired) electrons. The summed E-state index contributed by atoms with van der Waals surface area (Å²) in [6, 6.07) is 83.5. The highest BCUT2D eigenvalue weighted by molar-refractivity contribution is 7.91. The topological polar surface area (TPSA) is 108 Å². The third kappa shape index (κ3) is 23.7. The molecule has 0 bridgehead atoms. The summed E-state index contributed by atoms with van der Waals surface area (Å²) >= 11 is 0. The predicted molar refractivity (Wildman–Crippen MR) is 395 cm³/mol. The quantitative estimate of drug-likeness (QED) is 0.124. The van der Waals surface area contributed by atoms with Crippen LogP contribution in [0.15, 0.2) is 265 Å². The Morgan fingerprint density at radius 1 is 0.274 bits per heavy atom. The van der Waals surface area contributed by atoms with Crippen LogP contribution in [0.2, 0.25) is 0 Å². The molecule has 11 rings (SSSR count). The van der Waals surface area contributed by atoms with Gasteiger partial charge in [-0.2, -0.15) is 0 Å². The highest BCUT2D eigenvalue weighted by Gasteiger charge is 2.34. The molecule has 95 heavy (non-hydrogen) atoms. The van der Waals surface area contributed by atoms with Gasteiger partial charge < -0.3 is 37.9 Å². The van der Waals surface area contributed by atoms with Gasteiger partial charge in [-0.05, 0) is 164 Å². The van der Waals surface area contributed by atoms with Crippen LogP contribution in [0.1, 0.15) is 103 Å². The van der Waals surface area contributed by atoms with Gasteiger partial charge in [-0.15, -0.1) is 0 Å². The summed E-state index contributed by atoms with van der Waals surface area (Å²) in [6.45, 7) is 22.5. The molecule has 0 aromatic heterocycles. The van der Waals surface area contributed by atoms with Gasteiger partial charge in [-0.1, -0.05) is 227 Å². The van der Waals surface area contributed by atoms with E-state index in [9.17, 15) is 8.42 Å². The van der Waals surface area contributed by atoms with Crippen molar-refractivity contribution in [2.45, 2.75) is 101 Å². The normalized spacial score (nSPS) is 11.4. The Hall–Kier alpha value is -9.13. The maximum Gasteiger partial charge on any atom is 0.206 e. The minimum absolute atomic E-state index is 0.0431.